The van der Waals surface area contributed by atoms with Crippen molar-refractivity contribution >= 4 is 33.0 Å². The van der Waals surface area contributed by atoms with Crippen LogP contribution in [0.2, 0.25) is 0 Å². The van der Waals surface area contributed by atoms with Gasteiger partial charge in [0.15, 0.2) is 0 Å². The number of pyridine rings is 1. The maximum Gasteiger partial charge on any atom is 0.0520 e. The molecule has 2 aromatic rings. The Hall–Kier alpha value is -0.910. The van der Waals surface area contributed by atoms with Crippen LogP contribution in [0.5, 0.6) is 0 Å². The topological polar surface area (TPSA) is 42.1 Å². The van der Waals surface area contributed by atoms with Gasteiger partial charge in [-0.2, -0.15) is 0 Å². The minimum Gasteiger partial charge on any atom is -0.369 e. The number of hydrogen-bond donors (Lipinski definition) is 1. The van der Waals surface area contributed by atoms with Crippen molar-refractivity contribution in [1.29, 1.82) is 0 Å². The molecule has 2 aromatic heterocycles. The van der Waals surface area contributed by atoms with E-state index in [-0.39, 0.29) is 0 Å². The minimum absolute atomic E-state index is 0.521. The monoisotopic (exact) mass is 339 g/mol. The van der Waals surface area contributed by atoms with Gasteiger partial charge >= 0.3 is 0 Å². The van der Waals surface area contributed by atoms with Crippen molar-refractivity contribution in [1.82, 2.24) is 4.98 Å². The van der Waals surface area contributed by atoms with E-state index in [2.05, 4.69) is 50.4 Å². The lowest BCUT2D eigenvalue weighted by Gasteiger charge is -2.23. The van der Waals surface area contributed by atoms with E-state index in [1.807, 2.05) is 13.8 Å². The molecule has 0 aliphatic carbocycles. The maximum absolute atomic E-state index is 5.87. The van der Waals surface area contributed by atoms with E-state index in [9.17, 15) is 0 Å². The second-order valence-corrected chi connectivity index (χ2v) is 6.55. The van der Waals surface area contributed by atoms with Crippen molar-refractivity contribution in [3.63, 3.8) is 0 Å². The molecule has 5 heteroatoms. The first-order valence-corrected chi connectivity index (χ1v) is 7.79. The summed E-state index contributed by atoms with van der Waals surface area (Å²) in [6, 6.07) is 4.27. The summed E-state index contributed by atoms with van der Waals surface area (Å²) >= 11 is 5.25. The van der Waals surface area contributed by atoms with E-state index in [4.69, 9.17) is 5.73 Å². The maximum atomic E-state index is 5.87. The molecule has 0 aromatic carbocycles. The molecule has 3 nitrogen and oxygen atoms in total. The smallest absolute Gasteiger partial charge is 0.0520 e. The summed E-state index contributed by atoms with van der Waals surface area (Å²) in [4.78, 5) is 8.05. The van der Waals surface area contributed by atoms with Crippen LogP contribution in [0.4, 0.5) is 5.69 Å². The molecule has 19 heavy (non-hydrogen) atoms. The minimum atomic E-state index is 0.521. The Morgan fingerprint density at radius 2 is 2.11 bits per heavy atom. The molecule has 102 valence electrons. The van der Waals surface area contributed by atoms with Crippen molar-refractivity contribution in [3.8, 4) is 0 Å². The fourth-order valence-corrected chi connectivity index (χ4v) is 3.69. The van der Waals surface area contributed by atoms with Gasteiger partial charge < -0.3 is 10.6 Å². The molecule has 2 N–H and O–H groups in total. The zero-order valence-corrected chi connectivity index (χ0v) is 13.8. The van der Waals surface area contributed by atoms with Gasteiger partial charge in [-0.3, -0.25) is 4.98 Å². The zero-order chi connectivity index (χ0) is 14.0. The van der Waals surface area contributed by atoms with Crippen LogP contribution in [0.1, 0.15) is 21.8 Å². The molecule has 0 radical (unpaired) electrons. The Bertz CT molecular complexity index is 580. The zero-order valence-electron chi connectivity index (χ0n) is 11.4. The number of hydrogen-bond acceptors (Lipinski definition) is 4. The van der Waals surface area contributed by atoms with Crippen molar-refractivity contribution in [2.75, 3.05) is 11.9 Å². The highest BCUT2D eigenvalue weighted by Gasteiger charge is 2.12. The van der Waals surface area contributed by atoms with Gasteiger partial charge in [-0.25, -0.2) is 0 Å². The number of anilines is 1. The molecule has 0 saturated heterocycles. The van der Waals surface area contributed by atoms with E-state index in [1.54, 1.807) is 11.3 Å². The number of aromatic nitrogens is 1. The highest BCUT2D eigenvalue weighted by Crippen LogP contribution is 2.26. The highest BCUT2D eigenvalue weighted by atomic mass is 79.9. The molecule has 2 heterocycles. The summed E-state index contributed by atoms with van der Waals surface area (Å²) in [5.41, 5.74) is 10.2. The van der Waals surface area contributed by atoms with Crippen LogP contribution in [-0.2, 0) is 13.1 Å². The Labute approximate surface area is 126 Å². The van der Waals surface area contributed by atoms with E-state index in [1.165, 1.54) is 10.6 Å². The van der Waals surface area contributed by atoms with Gasteiger partial charge in [-0.15, -0.1) is 11.3 Å². The summed E-state index contributed by atoms with van der Waals surface area (Å²) in [6.07, 6.45) is 0. The molecule has 0 amide bonds. The van der Waals surface area contributed by atoms with Crippen LogP contribution in [0.3, 0.4) is 0 Å². The Morgan fingerprint density at radius 1 is 1.37 bits per heavy atom. The standard InChI is InChI=1S/C14H18BrN3S/c1-9-4-14(13(6-16)10(2)17-9)18(3)7-12-5-11(15)8-19-12/h4-5,8H,6-7,16H2,1-3H3. The number of halogens is 1. The Balaban J connectivity index is 2.30. The number of aryl methyl sites for hydroxylation is 2. The van der Waals surface area contributed by atoms with Crippen molar-refractivity contribution in [3.05, 3.63) is 43.8 Å². The molecule has 0 spiro atoms. The lowest BCUT2D eigenvalue weighted by Crippen LogP contribution is -2.19. The Kier molecular flexibility index (Phi) is 4.60. The number of rotatable bonds is 4. The first kappa shape index (κ1) is 14.5. The fraction of sp³-hybridized carbons (Fsp3) is 0.357. The lowest BCUT2D eigenvalue weighted by atomic mass is 10.1. The Morgan fingerprint density at radius 3 is 2.68 bits per heavy atom. The predicted molar refractivity (Wildman–Crippen MR) is 85.7 cm³/mol. The van der Waals surface area contributed by atoms with E-state index in [0.717, 1.165) is 28.0 Å². The third-order valence-electron chi connectivity index (χ3n) is 3.07. The van der Waals surface area contributed by atoms with Gasteiger partial charge in [0.05, 0.1) is 6.54 Å². The van der Waals surface area contributed by atoms with Crippen molar-refractivity contribution < 1.29 is 0 Å². The summed E-state index contributed by atoms with van der Waals surface area (Å²) in [5.74, 6) is 0. The molecule has 0 bridgehead atoms. The summed E-state index contributed by atoms with van der Waals surface area (Å²) in [6.45, 7) is 5.44. The van der Waals surface area contributed by atoms with Crippen molar-refractivity contribution in [2.45, 2.75) is 26.9 Å². The second kappa shape index (κ2) is 6.03. The highest BCUT2D eigenvalue weighted by molar-refractivity contribution is 9.10. The molecular weight excluding hydrogens is 322 g/mol. The predicted octanol–water partition coefficient (Wildman–Crippen LogP) is 3.62. The second-order valence-electron chi connectivity index (χ2n) is 4.64. The van der Waals surface area contributed by atoms with Crippen LogP contribution in [0.25, 0.3) is 0 Å². The van der Waals surface area contributed by atoms with Gasteiger partial charge in [0.2, 0.25) is 0 Å². The van der Waals surface area contributed by atoms with E-state index < -0.39 is 0 Å². The molecule has 0 saturated carbocycles. The quantitative estimate of drug-likeness (QED) is 0.924. The molecule has 0 aliphatic rings. The van der Waals surface area contributed by atoms with Gasteiger partial charge in [0.1, 0.15) is 0 Å². The van der Waals surface area contributed by atoms with Gasteiger partial charge in [-0.05, 0) is 41.9 Å². The van der Waals surface area contributed by atoms with Gasteiger partial charge in [0, 0.05) is 51.0 Å². The summed E-state index contributed by atoms with van der Waals surface area (Å²) in [5, 5.41) is 2.11. The van der Waals surface area contributed by atoms with Crippen LogP contribution in [0, 0.1) is 13.8 Å². The average molecular weight is 340 g/mol. The third kappa shape index (κ3) is 3.35. The molecule has 0 aliphatic heterocycles. The normalized spacial score (nSPS) is 10.8. The molecular formula is C14H18BrN3S. The average Bonchev–Trinajstić information content (AvgIpc) is 2.73. The van der Waals surface area contributed by atoms with Crippen molar-refractivity contribution in [2.24, 2.45) is 5.73 Å². The molecule has 0 fully saturated rings. The van der Waals surface area contributed by atoms with Gasteiger partial charge in [-0.1, -0.05) is 0 Å². The number of nitrogens with zero attached hydrogens (tertiary/aromatic N) is 2. The molecule has 0 unspecified atom stereocenters. The lowest BCUT2D eigenvalue weighted by molar-refractivity contribution is 0.895. The number of thiophene rings is 1. The van der Waals surface area contributed by atoms with Gasteiger partial charge in [0.25, 0.3) is 0 Å². The van der Waals surface area contributed by atoms with E-state index in [0.29, 0.717) is 6.54 Å². The third-order valence-corrected chi connectivity index (χ3v) is 4.75. The fourth-order valence-electron chi connectivity index (χ4n) is 2.18. The first-order valence-electron chi connectivity index (χ1n) is 6.12. The first-order chi connectivity index (χ1) is 9.01. The largest absolute Gasteiger partial charge is 0.369 e. The van der Waals surface area contributed by atoms with E-state index >= 15 is 0 Å². The summed E-state index contributed by atoms with van der Waals surface area (Å²) < 4.78 is 1.14. The van der Waals surface area contributed by atoms with Crippen LogP contribution < -0.4 is 10.6 Å². The van der Waals surface area contributed by atoms with Crippen LogP contribution in [-0.4, -0.2) is 12.0 Å². The molecule has 0 atom stereocenters. The number of nitrogens with two attached hydrogens (primary N) is 1. The summed E-state index contributed by atoms with van der Waals surface area (Å²) in [7, 11) is 2.10. The van der Waals surface area contributed by atoms with Crippen LogP contribution in [0.15, 0.2) is 22.0 Å². The van der Waals surface area contributed by atoms with Crippen LogP contribution >= 0.6 is 27.3 Å². The SMILES string of the molecule is Cc1cc(N(C)Cc2cc(Br)cs2)c(CN)c(C)n1. The molecule has 2 rings (SSSR count).